The standard InChI is InChI=1S/C14H14F2N2O3S/c1-21-13-6-5-10(7-9(13)8-17)22(19,20)18-14-11(15)3-2-4-12(14)16/h2-7,18H,8,17H2,1H3. The fourth-order valence-corrected chi connectivity index (χ4v) is 3.00. The monoisotopic (exact) mass is 328 g/mol. The van der Waals surface area contributed by atoms with E-state index in [1.165, 1.54) is 25.3 Å². The first-order chi connectivity index (χ1) is 10.4. The lowest BCUT2D eigenvalue weighted by molar-refractivity contribution is 0.409. The lowest BCUT2D eigenvalue weighted by Gasteiger charge is -2.12. The zero-order chi connectivity index (χ0) is 16.3. The molecule has 2 aromatic carbocycles. The van der Waals surface area contributed by atoms with Crippen molar-refractivity contribution in [2.24, 2.45) is 5.73 Å². The molecule has 22 heavy (non-hydrogen) atoms. The number of halogens is 2. The van der Waals surface area contributed by atoms with Crippen molar-refractivity contribution in [2.75, 3.05) is 11.8 Å². The molecule has 0 heterocycles. The number of benzene rings is 2. The summed E-state index contributed by atoms with van der Waals surface area (Å²) in [5.41, 5.74) is 5.25. The zero-order valence-electron chi connectivity index (χ0n) is 11.6. The molecule has 0 amide bonds. The first-order valence-electron chi connectivity index (χ1n) is 6.23. The molecule has 0 unspecified atom stereocenters. The number of nitrogens with two attached hydrogens (primary N) is 1. The van der Waals surface area contributed by atoms with Gasteiger partial charge in [0.1, 0.15) is 23.1 Å². The van der Waals surface area contributed by atoms with Gasteiger partial charge in [-0.15, -0.1) is 0 Å². The Morgan fingerprint density at radius 3 is 2.36 bits per heavy atom. The van der Waals surface area contributed by atoms with Crippen LogP contribution in [0, 0.1) is 11.6 Å². The van der Waals surface area contributed by atoms with Crippen LogP contribution in [0.3, 0.4) is 0 Å². The molecule has 2 rings (SSSR count). The van der Waals surface area contributed by atoms with Gasteiger partial charge in [0.2, 0.25) is 0 Å². The van der Waals surface area contributed by atoms with Gasteiger partial charge in [0.15, 0.2) is 0 Å². The Labute approximate surface area is 126 Å². The summed E-state index contributed by atoms with van der Waals surface area (Å²) in [7, 11) is -2.73. The number of nitrogens with one attached hydrogen (secondary N) is 1. The van der Waals surface area contributed by atoms with Crippen LogP contribution in [0.5, 0.6) is 5.75 Å². The van der Waals surface area contributed by atoms with Crippen molar-refractivity contribution < 1.29 is 21.9 Å². The lowest BCUT2D eigenvalue weighted by Crippen LogP contribution is -2.16. The van der Waals surface area contributed by atoms with E-state index in [0.717, 1.165) is 18.2 Å². The first-order valence-corrected chi connectivity index (χ1v) is 7.71. The number of hydrogen-bond donors (Lipinski definition) is 2. The predicted molar refractivity (Wildman–Crippen MR) is 78.1 cm³/mol. The highest BCUT2D eigenvalue weighted by molar-refractivity contribution is 7.92. The van der Waals surface area contributed by atoms with Gasteiger partial charge >= 0.3 is 0 Å². The maximum atomic E-state index is 13.6. The summed E-state index contributed by atoms with van der Waals surface area (Å²) in [6.45, 7) is 0.0561. The van der Waals surface area contributed by atoms with E-state index in [0.29, 0.717) is 11.3 Å². The molecule has 8 heteroatoms. The molecular formula is C14H14F2N2O3S. The Balaban J connectivity index is 2.43. The molecule has 0 aliphatic carbocycles. The van der Waals surface area contributed by atoms with E-state index < -0.39 is 27.3 Å². The average molecular weight is 328 g/mol. The van der Waals surface area contributed by atoms with Gasteiger partial charge in [-0.3, -0.25) is 4.72 Å². The van der Waals surface area contributed by atoms with E-state index in [4.69, 9.17) is 10.5 Å². The topological polar surface area (TPSA) is 81.4 Å². The summed E-state index contributed by atoms with van der Waals surface area (Å²) >= 11 is 0. The first kappa shape index (κ1) is 16.2. The molecule has 0 aliphatic heterocycles. The Morgan fingerprint density at radius 1 is 1.18 bits per heavy atom. The van der Waals surface area contributed by atoms with Gasteiger partial charge in [-0.1, -0.05) is 6.07 Å². The van der Waals surface area contributed by atoms with Crippen molar-refractivity contribution in [2.45, 2.75) is 11.4 Å². The second-order valence-corrected chi connectivity index (χ2v) is 6.06. The Bertz CT molecular complexity index is 774. The number of anilines is 1. The van der Waals surface area contributed by atoms with Crippen LogP contribution in [0.25, 0.3) is 0 Å². The molecule has 0 spiro atoms. The predicted octanol–water partition coefficient (Wildman–Crippen LogP) is 2.23. The minimum Gasteiger partial charge on any atom is -0.496 e. The number of methoxy groups -OCH3 is 1. The van der Waals surface area contributed by atoms with Crippen LogP contribution in [-0.2, 0) is 16.6 Å². The minimum atomic E-state index is -4.16. The highest BCUT2D eigenvalue weighted by atomic mass is 32.2. The van der Waals surface area contributed by atoms with E-state index in [9.17, 15) is 17.2 Å². The molecule has 0 atom stereocenters. The molecule has 0 saturated heterocycles. The van der Waals surface area contributed by atoms with Gasteiger partial charge in [-0.25, -0.2) is 17.2 Å². The normalized spacial score (nSPS) is 11.3. The highest BCUT2D eigenvalue weighted by Gasteiger charge is 2.20. The van der Waals surface area contributed by atoms with Crippen LogP contribution in [0.4, 0.5) is 14.5 Å². The molecule has 118 valence electrons. The van der Waals surface area contributed by atoms with Crippen molar-refractivity contribution in [3.05, 3.63) is 53.6 Å². The van der Waals surface area contributed by atoms with Crippen molar-refractivity contribution in [1.82, 2.24) is 0 Å². The van der Waals surface area contributed by atoms with Crippen LogP contribution in [0.2, 0.25) is 0 Å². The Hall–Kier alpha value is -2.19. The maximum absolute atomic E-state index is 13.6. The smallest absolute Gasteiger partial charge is 0.262 e. The molecule has 5 nitrogen and oxygen atoms in total. The summed E-state index contributed by atoms with van der Waals surface area (Å²) in [6, 6.07) is 7.04. The highest BCUT2D eigenvalue weighted by Crippen LogP contribution is 2.25. The number of rotatable bonds is 5. The van der Waals surface area contributed by atoms with Gasteiger partial charge < -0.3 is 10.5 Å². The van der Waals surface area contributed by atoms with Crippen molar-refractivity contribution in [3.63, 3.8) is 0 Å². The molecule has 3 N–H and O–H groups in total. The number of sulfonamides is 1. The molecule has 0 bridgehead atoms. The maximum Gasteiger partial charge on any atom is 0.262 e. The summed E-state index contributed by atoms with van der Waals surface area (Å²) in [4.78, 5) is -0.170. The van der Waals surface area contributed by atoms with Crippen LogP contribution >= 0.6 is 0 Å². The third-order valence-electron chi connectivity index (χ3n) is 2.98. The zero-order valence-corrected chi connectivity index (χ0v) is 12.5. The van der Waals surface area contributed by atoms with Gasteiger partial charge in [-0.2, -0.15) is 0 Å². The SMILES string of the molecule is COc1ccc(S(=O)(=O)Nc2c(F)cccc2F)cc1CN. The minimum absolute atomic E-state index is 0.0561. The quantitative estimate of drug-likeness (QED) is 0.882. The van der Waals surface area contributed by atoms with E-state index in [1.807, 2.05) is 4.72 Å². The van der Waals surface area contributed by atoms with Gasteiger partial charge in [0.05, 0.1) is 12.0 Å². The number of ether oxygens (including phenoxy) is 1. The third kappa shape index (κ3) is 3.18. The van der Waals surface area contributed by atoms with Gasteiger partial charge in [-0.05, 0) is 30.3 Å². The van der Waals surface area contributed by atoms with E-state index in [-0.39, 0.29) is 11.4 Å². The summed E-state index contributed by atoms with van der Waals surface area (Å²) < 4.78 is 58.5. The van der Waals surface area contributed by atoms with Crippen LogP contribution in [-0.4, -0.2) is 15.5 Å². The molecular weight excluding hydrogens is 314 g/mol. The van der Waals surface area contributed by atoms with Crippen LogP contribution in [0.1, 0.15) is 5.56 Å². The largest absolute Gasteiger partial charge is 0.496 e. The summed E-state index contributed by atoms with van der Waals surface area (Å²) in [6.07, 6.45) is 0. The number of para-hydroxylation sites is 1. The van der Waals surface area contributed by atoms with E-state index in [1.54, 1.807) is 0 Å². The molecule has 0 aliphatic rings. The van der Waals surface area contributed by atoms with E-state index in [2.05, 4.69) is 0 Å². The van der Waals surface area contributed by atoms with Crippen LogP contribution in [0.15, 0.2) is 41.3 Å². The number of hydrogen-bond acceptors (Lipinski definition) is 4. The molecule has 0 fully saturated rings. The fourth-order valence-electron chi connectivity index (χ4n) is 1.87. The van der Waals surface area contributed by atoms with Crippen molar-refractivity contribution in [1.29, 1.82) is 0 Å². The molecule has 0 aromatic heterocycles. The van der Waals surface area contributed by atoms with Crippen molar-refractivity contribution >= 4 is 15.7 Å². The van der Waals surface area contributed by atoms with Gasteiger partial charge in [0, 0.05) is 12.1 Å². The Kier molecular flexibility index (Phi) is 4.62. The molecule has 0 saturated carbocycles. The van der Waals surface area contributed by atoms with Crippen LogP contribution < -0.4 is 15.2 Å². The Morgan fingerprint density at radius 2 is 1.82 bits per heavy atom. The third-order valence-corrected chi connectivity index (χ3v) is 4.33. The molecule has 0 radical (unpaired) electrons. The van der Waals surface area contributed by atoms with E-state index >= 15 is 0 Å². The van der Waals surface area contributed by atoms with Crippen molar-refractivity contribution in [3.8, 4) is 5.75 Å². The fraction of sp³-hybridized carbons (Fsp3) is 0.143. The lowest BCUT2D eigenvalue weighted by atomic mass is 10.2. The van der Waals surface area contributed by atoms with Gasteiger partial charge in [0.25, 0.3) is 10.0 Å². The second-order valence-electron chi connectivity index (χ2n) is 4.38. The molecule has 2 aromatic rings. The average Bonchev–Trinajstić information content (AvgIpc) is 2.50. The second kappa shape index (κ2) is 6.29. The summed E-state index contributed by atoms with van der Waals surface area (Å²) in [5.74, 6) is -1.58. The summed E-state index contributed by atoms with van der Waals surface area (Å²) in [5, 5.41) is 0.